The van der Waals surface area contributed by atoms with Crippen LogP contribution < -0.4 is 0 Å². The molecule has 0 aromatic heterocycles. The lowest BCUT2D eigenvalue weighted by atomic mass is 9.44. The van der Waals surface area contributed by atoms with E-state index < -0.39 is 70.0 Å². The van der Waals surface area contributed by atoms with Crippen LogP contribution in [0.25, 0.3) is 0 Å². The molecule has 0 saturated heterocycles. The maximum absolute atomic E-state index is 17.1. The first kappa shape index (κ1) is 24.0. The number of hydrogen-bond donors (Lipinski definition) is 2. The minimum Gasteiger partial charge on any atom is -0.390 e. The van der Waals surface area contributed by atoms with E-state index in [4.69, 9.17) is 4.74 Å². The van der Waals surface area contributed by atoms with Gasteiger partial charge in [-0.25, -0.2) is 18.4 Å². The van der Waals surface area contributed by atoms with E-state index in [1.54, 1.807) is 13.8 Å². The van der Waals surface area contributed by atoms with Crippen molar-refractivity contribution in [3.8, 4) is 0 Å². The van der Waals surface area contributed by atoms with Gasteiger partial charge in [0.2, 0.25) is 0 Å². The van der Waals surface area contributed by atoms with E-state index >= 15 is 8.78 Å². The van der Waals surface area contributed by atoms with Gasteiger partial charge in [0.05, 0.1) is 6.10 Å². The maximum atomic E-state index is 17.1. The fourth-order valence-corrected chi connectivity index (χ4v) is 7.22. The predicted octanol–water partition coefficient (Wildman–Crippen LogP) is 2.51. The standard InChI is InChI=1S/C24H31F2NO6/c1-12-8-14-15-10-17(25)16-9-13(28)6-7-21(16,2)23(15,26)18(29)11-22(14,3)24(12,32)19(30)33-20(31)27(4)5/h6-7,9,12,14-15,17-18,29,32H,8,10-11H2,1-5H3/t12-,14?,15?,17+,18+,21+,22+,23+,24+/m1/s1. The summed E-state index contributed by atoms with van der Waals surface area (Å²) < 4.78 is 37.4. The van der Waals surface area contributed by atoms with Gasteiger partial charge in [0, 0.05) is 30.8 Å². The number of amides is 1. The third kappa shape index (κ3) is 2.81. The highest BCUT2D eigenvalue weighted by molar-refractivity contribution is 6.01. The number of rotatable bonds is 1. The Balaban J connectivity index is 1.79. The van der Waals surface area contributed by atoms with Gasteiger partial charge in [0.15, 0.2) is 17.1 Å². The lowest BCUT2D eigenvalue weighted by Gasteiger charge is -2.62. The molecule has 182 valence electrons. The number of aliphatic hydroxyl groups is 2. The maximum Gasteiger partial charge on any atom is 0.417 e. The fourth-order valence-electron chi connectivity index (χ4n) is 7.22. The average Bonchev–Trinajstić information content (AvgIpc) is 2.93. The lowest BCUT2D eigenvalue weighted by molar-refractivity contribution is -0.229. The number of ketones is 1. The highest BCUT2D eigenvalue weighted by atomic mass is 19.1. The van der Waals surface area contributed by atoms with Crippen LogP contribution in [0.15, 0.2) is 23.8 Å². The Morgan fingerprint density at radius 3 is 2.45 bits per heavy atom. The van der Waals surface area contributed by atoms with Gasteiger partial charge in [-0.05, 0) is 55.7 Å². The molecule has 4 aliphatic rings. The van der Waals surface area contributed by atoms with Gasteiger partial charge in [-0.2, -0.15) is 0 Å². The Hall–Kier alpha value is -2.13. The monoisotopic (exact) mass is 467 g/mol. The second-order valence-corrected chi connectivity index (χ2v) is 10.8. The molecule has 2 unspecified atom stereocenters. The number of carbonyl (C=O) groups is 3. The number of carbonyl (C=O) groups excluding carboxylic acids is 3. The van der Waals surface area contributed by atoms with Crippen molar-refractivity contribution in [2.24, 2.45) is 28.6 Å². The zero-order valence-electron chi connectivity index (χ0n) is 19.5. The number of fused-ring (bicyclic) bond motifs is 5. The minimum absolute atomic E-state index is 0.00806. The molecular formula is C24H31F2NO6. The van der Waals surface area contributed by atoms with Gasteiger partial charge >= 0.3 is 12.1 Å². The summed E-state index contributed by atoms with van der Waals surface area (Å²) in [6.45, 7) is 4.67. The van der Waals surface area contributed by atoms with Crippen LogP contribution in [0.5, 0.6) is 0 Å². The normalized spacial score (nSPS) is 48.3. The Morgan fingerprint density at radius 2 is 1.85 bits per heavy atom. The summed E-state index contributed by atoms with van der Waals surface area (Å²) in [6.07, 6.45) is -0.975. The van der Waals surface area contributed by atoms with Crippen molar-refractivity contribution in [3.05, 3.63) is 23.8 Å². The van der Waals surface area contributed by atoms with Crippen LogP contribution in [0.3, 0.4) is 0 Å². The zero-order valence-corrected chi connectivity index (χ0v) is 19.5. The SMILES string of the molecule is C[C@@H]1CC2C3C[C@H](F)C4=CC(=O)C=C[C@]4(C)[C@@]3(F)[C@@H](O)C[C@]2(C)[C@@]1(O)C(=O)OC(=O)N(C)C. The summed E-state index contributed by atoms with van der Waals surface area (Å²) >= 11 is 0. The number of hydrogen-bond acceptors (Lipinski definition) is 6. The van der Waals surface area contributed by atoms with E-state index in [2.05, 4.69) is 0 Å². The van der Waals surface area contributed by atoms with Crippen LogP contribution in [-0.4, -0.2) is 70.6 Å². The van der Waals surface area contributed by atoms with Crippen molar-refractivity contribution in [2.45, 2.75) is 63.6 Å². The number of esters is 1. The quantitative estimate of drug-likeness (QED) is 0.454. The first-order chi connectivity index (χ1) is 15.1. The van der Waals surface area contributed by atoms with Crippen molar-refractivity contribution in [2.75, 3.05) is 14.1 Å². The second kappa shape index (κ2) is 7.18. The predicted molar refractivity (Wildman–Crippen MR) is 113 cm³/mol. The summed E-state index contributed by atoms with van der Waals surface area (Å²) in [5.41, 5.74) is -7.38. The van der Waals surface area contributed by atoms with E-state index in [-0.39, 0.29) is 24.8 Å². The largest absolute Gasteiger partial charge is 0.417 e. The Labute approximate surface area is 191 Å². The van der Waals surface area contributed by atoms with Crippen molar-refractivity contribution >= 4 is 17.8 Å². The first-order valence-electron chi connectivity index (χ1n) is 11.3. The van der Waals surface area contributed by atoms with Gasteiger partial charge in [-0.1, -0.05) is 19.9 Å². The van der Waals surface area contributed by atoms with Crippen LogP contribution in [0, 0.1) is 28.6 Å². The zero-order chi connectivity index (χ0) is 24.7. The molecule has 3 saturated carbocycles. The Morgan fingerprint density at radius 1 is 1.21 bits per heavy atom. The van der Waals surface area contributed by atoms with Gasteiger partial charge in [0.1, 0.15) is 6.17 Å². The molecule has 3 fully saturated rings. The summed E-state index contributed by atoms with van der Waals surface area (Å²) in [4.78, 5) is 38.0. The number of halogens is 2. The van der Waals surface area contributed by atoms with E-state index in [1.807, 2.05) is 0 Å². The van der Waals surface area contributed by atoms with Gasteiger partial charge < -0.3 is 19.8 Å². The van der Waals surface area contributed by atoms with E-state index in [0.29, 0.717) is 0 Å². The van der Waals surface area contributed by atoms with Crippen LogP contribution >= 0.6 is 0 Å². The fraction of sp³-hybridized carbons (Fsp3) is 0.708. The van der Waals surface area contributed by atoms with Gasteiger partial charge in [-0.3, -0.25) is 4.79 Å². The first-order valence-corrected chi connectivity index (χ1v) is 11.3. The Kier molecular flexibility index (Phi) is 5.23. The molecule has 9 heteroatoms. The van der Waals surface area contributed by atoms with Crippen LogP contribution in [0.2, 0.25) is 0 Å². The second-order valence-electron chi connectivity index (χ2n) is 10.8. The molecule has 0 aliphatic heterocycles. The van der Waals surface area contributed by atoms with Crippen LogP contribution in [-0.2, 0) is 14.3 Å². The van der Waals surface area contributed by atoms with Crippen molar-refractivity contribution in [1.82, 2.24) is 4.90 Å². The topological polar surface area (TPSA) is 104 Å². The molecule has 4 rings (SSSR count). The minimum atomic E-state index is -2.31. The van der Waals surface area contributed by atoms with Crippen LogP contribution in [0.1, 0.15) is 40.0 Å². The van der Waals surface area contributed by atoms with Crippen molar-refractivity contribution < 1.29 is 38.1 Å². The number of ether oxygens (including phenoxy) is 1. The molecule has 0 spiro atoms. The van der Waals surface area contributed by atoms with Crippen molar-refractivity contribution in [1.29, 1.82) is 0 Å². The van der Waals surface area contributed by atoms with E-state index in [0.717, 1.165) is 11.0 Å². The van der Waals surface area contributed by atoms with Crippen molar-refractivity contribution in [3.63, 3.8) is 0 Å². The summed E-state index contributed by atoms with van der Waals surface area (Å²) in [5, 5.41) is 22.9. The number of alkyl halides is 2. The third-order valence-corrected chi connectivity index (χ3v) is 9.07. The summed E-state index contributed by atoms with van der Waals surface area (Å²) in [5.74, 6) is -4.01. The molecule has 2 N–H and O–H groups in total. The lowest BCUT2D eigenvalue weighted by Crippen LogP contribution is -2.70. The molecule has 0 bridgehead atoms. The molecule has 7 nitrogen and oxygen atoms in total. The van der Waals surface area contributed by atoms with Gasteiger partial charge in [-0.15, -0.1) is 0 Å². The molecule has 4 aliphatic carbocycles. The third-order valence-electron chi connectivity index (χ3n) is 9.07. The Bertz CT molecular complexity index is 980. The molecule has 9 atom stereocenters. The number of aliphatic hydroxyl groups excluding tert-OH is 1. The smallest absolute Gasteiger partial charge is 0.390 e. The molecular weight excluding hydrogens is 436 g/mol. The molecule has 0 heterocycles. The summed E-state index contributed by atoms with van der Waals surface area (Å²) in [7, 11) is 2.78. The van der Waals surface area contributed by atoms with Gasteiger partial charge in [0.25, 0.3) is 0 Å². The van der Waals surface area contributed by atoms with E-state index in [1.165, 1.54) is 33.2 Å². The molecule has 0 aromatic rings. The molecule has 33 heavy (non-hydrogen) atoms. The highest BCUT2D eigenvalue weighted by Crippen LogP contribution is 2.71. The molecule has 1 amide bonds. The van der Waals surface area contributed by atoms with Crippen LogP contribution in [0.4, 0.5) is 13.6 Å². The average molecular weight is 468 g/mol. The number of allylic oxidation sites excluding steroid dienone is 4. The summed E-state index contributed by atoms with van der Waals surface area (Å²) in [6, 6.07) is 0. The molecule has 0 radical (unpaired) electrons. The highest BCUT2D eigenvalue weighted by Gasteiger charge is 2.77. The molecule has 0 aromatic carbocycles. The van der Waals surface area contributed by atoms with E-state index in [9.17, 15) is 24.6 Å². The number of nitrogens with zero attached hydrogens (tertiary/aromatic N) is 1.